The number of aromatic nitrogens is 3. The summed E-state index contributed by atoms with van der Waals surface area (Å²) in [6.45, 7) is 2.00. The van der Waals surface area contributed by atoms with Gasteiger partial charge in [0.1, 0.15) is 12.7 Å². The van der Waals surface area contributed by atoms with Crippen LogP contribution in [-0.4, -0.2) is 51.6 Å². The monoisotopic (exact) mass is 490 g/mol. The van der Waals surface area contributed by atoms with Gasteiger partial charge in [0.25, 0.3) is 0 Å². The van der Waals surface area contributed by atoms with Crippen molar-refractivity contribution in [2.45, 2.75) is 6.92 Å². The number of nitrogens with zero attached hydrogens (tertiary/aromatic N) is 4. The van der Waals surface area contributed by atoms with Gasteiger partial charge in [-0.15, -0.1) is 0 Å². The topological polar surface area (TPSA) is 92.2 Å². The number of carbonyl (C=O) groups excluding carboxylic acids is 2. The van der Waals surface area contributed by atoms with Gasteiger partial charge in [-0.3, -0.25) is 14.5 Å². The van der Waals surface area contributed by atoms with Gasteiger partial charge in [-0.1, -0.05) is 27.5 Å². The van der Waals surface area contributed by atoms with Crippen molar-refractivity contribution in [1.29, 1.82) is 0 Å². The Morgan fingerprint density at radius 1 is 1.10 bits per heavy atom. The summed E-state index contributed by atoms with van der Waals surface area (Å²) in [5.74, 6) is -0.490. The Morgan fingerprint density at radius 2 is 1.80 bits per heavy atom. The van der Waals surface area contributed by atoms with E-state index in [1.54, 1.807) is 30.1 Å². The van der Waals surface area contributed by atoms with Gasteiger partial charge in [-0.2, -0.15) is 5.10 Å². The van der Waals surface area contributed by atoms with Crippen LogP contribution in [0.3, 0.4) is 0 Å². The fraction of sp³-hybridized carbons (Fsp3) is 0.200. The number of nitrogens with one attached hydrogen (secondary N) is 2. The fourth-order valence-corrected chi connectivity index (χ4v) is 3.48. The highest BCUT2D eigenvalue weighted by Gasteiger charge is 2.14. The maximum Gasteiger partial charge on any atom is 0.238 e. The minimum absolute atomic E-state index is 0.0239. The molecule has 2 N–H and O–H groups in total. The Morgan fingerprint density at radius 3 is 2.43 bits per heavy atom. The Hall–Kier alpha value is -2.75. The number of hydrogen-bond donors (Lipinski definition) is 2. The summed E-state index contributed by atoms with van der Waals surface area (Å²) in [4.78, 5) is 30.4. The number of hydrogen-bond acceptors (Lipinski definition) is 5. The molecule has 2 aromatic carbocycles. The maximum atomic E-state index is 12.5. The zero-order chi connectivity index (χ0) is 21.7. The van der Waals surface area contributed by atoms with Crippen LogP contribution in [0.2, 0.25) is 5.02 Å². The first-order valence-corrected chi connectivity index (χ1v) is 10.2. The second-order valence-corrected chi connectivity index (χ2v) is 8.08. The first-order valence-electron chi connectivity index (χ1n) is 9.01. The largest absolute Gasteiger partial charge is 0.325 e. The van der Waals surface area contributed by atoms with Crippen LogP contribution < -0.4 is 10.6 Å². The lowest BCUT2D eigenvalue weighted by molar-refractivity contribution is -0.119. The highest BCUT2D eigenvalue weighted by Crippen LogP contribution is 2.24. The SMILES string of the molecule is Cc1cc(Br)ccc1NC(=O)CN(C)CC(=O)Nc1cc(Cl)ccc1-n1cncn1. The molecule has 0 radical (unpaired) electrons. The van der Waals surface area contributed by atoms with E-state index < -0.39 is 0 Å². The van der Waals surface area contributed by atoms with Crippen LogP contribution in [0.15, 0.2) is 53.5 Å². The lowest BCUT2D eigenvalue weighted by Crippen LogP contribution is -2.36. The second kappa shape index (κ2) is 9.84. The van der Waals surface area contributed by atoms with E-state index in [-0.39, 0.29) is 24.9 Å². The van der Waals surface area contributed by atoms with Gasteiger partial charge in [-0.05, 0) is 55.9 Å². The molecule has 3 rings (SSSR count). The number of anilines is 2. The molecule has 0 unspecified atom stereocenters. The summed E-state index contributed by atoms with van der Waals surface area (Å²) < 4.78 is 2.47. The summed E-state index contributed by atoms with van der Waals surface area (Å²) in [5, 5.41) is 10.2. The van der Waals surface area contributed by atoms with Crippen LogP contribution in [0, 0.1) is 6.92 Å². The van der Waals surface area contributed by atoms with E-state index in [1.807, 2.05) is 25.1 Å². The van der Waals surface area contributed by atoms with Crippen molar-refractivity contribution in [3.05, 3.63) is 64.1 Å². The molecule has 0 fully saturated rings. The van der Waals surface area contributed by atoms with Gasteiger partial charge in [0.05, 0.1) is 24.5 Å². The van der Waals surface area contributed by atoms with Crippen molar-refractivity contribution in [2.24, 2.45) is 0 Å². The van der Waals surface area contributed by atoms with Crippen molar-refractivity contribution in [2.75, 3.05) is 30.8 Å². The molecule has 156 valence electrons. The lowest BCUT2D eigenvalue weighted by Gasteiger charge is -2.17. The number of likely N-dealkylation sites (N-methyl/N-ethyl adjacent to an activating group) is 1. The molecule has 0 saturated heterocycles. The quantitative estimate of drug-likeness (QED) is 0.528. The second-order valence-electron chi connectivity index (χ2n) is 6.73. The van der Waals surface area contributed by atoms with Crippen molar-refractivity contribution in [3.8, 4) is 5.69 Å². The molecule has 3 aromatic rings. The van der Waals surface area contributed by atoms with Crippen LogP contribution in [0.5, 0.6) is 0 Å². The van der Waals surface area contributed by atoms with Crippen LogP contribution in [-0.2, 0) is 9.59 Å². The Bertz CT molecular complexity index is 1060. The number of amides is 2. The number of carbonyl (C=O) groups is 2. The van der Waals surface area contributed by atoms with Gasteiger partial charge in [0, 0.05) is 15.2 Å². The highest BCUT2D eigenvalue weighted by atomic mass is 79.9. The van der Waals surface area contributed by atoms with E-state index in [1.165, 1.54) is 17.3 Å². The van der Waals surface area contributed by atoms with E-state index in [2.05, 4.69) is 36.6 Å². The van der Waals surface area contributed by atoms with Crippen LogP contribution in [0.1, 0.15) is 5.56 Å². The molecular weight excluding hydrogens is 472 g/mol. The maximum absolute atomic E-state index is 12.5. The average molecular weight is 492 g/mol. The summed E-state index contributed by atoms with van der Waals surface area (Å²) in [7, 11) is 1.70. The van der Waals surface area contributed by atoms with E-state index >= 15 is 0 Å². The van der Waals surface area contributed by atoms with E-state index in [9.17, 15) is 9.59 Å². The third-order valence-electron chi connectivity index (χ3n) is 4.19. The third kappa shape index (κ3) is 5.88. The zero-order valence-corrected chi connectivity index (χ0v) is 18.7. The minimum atomic E-state index is -0.284. The summed E-state index contributed by atoms with van der Waals surface area (Å²) >= 11 is 9.47. The molecule has 0 spiro atoms. The molecule has 8 nitrogen and oxygen atoms in total. The minimum Gasteiger partial charge on any atom is -0.325 e. The van der Waals surface area contributed by atoms with Crippen molar-refractivity contribution in [1.82, 2.24) is 19.7 Å². The van der Waals surface area contributed by atoms with Gasteiger partial charge in [-0.25, -0.2) is 9.67 Å². The summed E-state index contributed by atoms with van der Waals surface area (Å²) in [6, 6.07) is 10.7. The summed E-state index contributed by atoms with van der Waals surface area (Å²) in [5.41, 5.74) is 2.81. The van der Waals surface area contributed by atoms with Crippen molar-refractivity contribution < 1.29 is 9.59 Å². The highest BCUT2D eigenvalue weighted by molar-refractivity contribution is 9.10. The van der Waals surface area contributed by atoms with Gasteiger partial charge in [0.2, 0.25) is 11.8 Å². The smallest absolute Gasteiger partial charge is 0.238 e. The lowest BCUT2D eigenvalue weighted by atomic mass is 10.2. The molecule has 0 saturated carbocycles. The van der Waals surface area contributed by atoms with E-state index in [4.69, 9.17) is 11.6 Å². The number of rotatable bonds is 7. The molecule has 0 atom stereocenters. The number of aryl methyl sites for hydroxylation is 1. The normalized spacial score (nSPS) is 10.8. The van der Waals surface area contributed by atoms with Crippen molar-refractivity contribution in [3.63, 3.8) is 0 Å². The predicted octanol–water partition coefficient (Wildman–Crippen LogP) is 3.50. The molecule has 1 aromatic heterocycles. The van der Waals surface area contributed by atoms with E-state index in [0.29, 0.717) is 16.4 Å². The van der Waals surface area contributed by atoms with Gasteiger partial charge >= 0.3 is 0 Å². The molecule has 0 aliphatic carbocycles. The van der Waals surface area contributed by atoms with Crippen LogP contribution in [0.4, 0.5) is 11.4 Å². The molecule has 0 bridgehead atoms. The molecule has 0 aliphatic heterocycles. The van der Waals surface area contributed by atoms with Crippen LogP contribution >= 0.6 is 27.5 Å². The zero-order valence-electron chi connectivity index (χ0n) is 16.4. The summed E-state index contributed by atoms with van der Waals surface area (Å²) in [6.07, 6.45) is 2.93. The van der Waals surface area contributed by atoms with Crippen molar-refractivity contribution >= 4 is 50.7 Å². The standard InChI is InChI=1S/C20H20BrClN6O2/c1-13-7-14(21)3-5-16(13)25-19(29)9-27(2)10-20(30)26-17-8-15(22)4-6-18(17)28-12-23-11-24-28/h3-8,11-12H,9-10H2,1-2H3,(H,25,29)(H,26,30). The van der Waals surface area contributed by atoms with Gasteiger partial charge < -0.3 is 10.6 Å². The first kappa shape index (κ1) is 21.9. The Kier molecular flexibility index (Phi) is 7.20. The number of benzene rings is 2. The molecule has 0 aliphatic rings. The molecule has 1 heterocycles. The molecular formula is C20H20BrClN6O2. The molecule has 2 amide bonds. The average Bonchev–Trinajstić information content (AvgIpc) is 3.18. The Balaban J connectivity index is 1.58. The Labute approximate surface area is 187 Å². The predicted molar refractivity (Wildman–Crippen MR) is 120 cm³/mol. The molecule has 10 heteroatoms. The van der Waals surface area contributed by atoms with Gasteiger partial charge in [0.15, 0.2) is 0 Å². The van der Waals surface area contributed by atoms with Crippen LogP contribution in [0.25, 0.3) is 5.69 Å². The third-order valence-corrected chi connectivity index (χ3v) is 4.92. The number of halogens is 2. The van der Waals surface area contributed by atoms with E-state index in [0.717, 1.165) is 15.7 Å². The molecule has 30 heavy (non-hydrogen) atoms. The first-order chi connectivity index (χ1) is 14.3. The fourth-order valence-electron chi connectivity index (χ4n) is 2.83.